The van der Waals surface area contributed by atoms with Crippen LogP contribution in [0.25, 0.3) is 0 Å². The van der Waals surface area contributed by atoms with Gasteiger partial charge in [0, 0.05) is 12.6 Å². The maximum Gasteiger partial charge on any atom is 0.151 e. The molecule has 88 valence electrons. The zero-order valence-corrected chi connectivity index (χ0v) is 9.90. The van der Waals surface area contributed by atoms with Crippen LogP contribution in [-0.2, 0) is 0 Å². The summed E-state index contributed by atoms with van der Waals surface area (Å²) < 4.78 is 0. The fourth-order valence-corrected chi connectivity index (χ4v) is 2.37. The summed E-state index contributed by atoms with van der Waals surface area (Å²) in [5, 5.41) is 17.4. The Kier molecular flexibility index (Phi) is 3.96. The van der Waals surface area contributed by atoms with E-state index in [9.17, 15) is 0 Å². The third-order valence-electron chi connectivity index (χ3n) is 3.02. The van der Waals surface area contributed by atoms with E-state index in [2.05, 4.69) is 15.1 Å². The molecule has 1 N–H and O–H groups in total. The highest BCUT2D eigenvalue weighted by atomic mass is 35.5. The largest absolute Gasteiger partial charge is 0.395 e. The van der Waals surface area contributed by atoms with Gasteiger partial charge in [-0.3, -0.25) is 0 Å². The van der Waals surface area contributed by atoms with E-state index in [1.165, 1.54) is 25.7 Å². The van der Waals surface area contributed by atoms with Crippen molar-refractivity contribution in [2.24, 2.45) is 0 Å². The number of halogens is 1. The maximum atomic E-state index is 9.10. The van der Waals surface area contributed by atoms with Crippen LogP contribution < -0.4 is 4.90 Å². The third kappa shape index (κ3) is 2.62. The molecular weight excluding hydrogens is 226 g/mol. The molecule has 4 nitrogen and oxygen atoms in total. The summed E-state index contributed by atoms with van der Waals surface area (Å²) in [6.07, 6.45) is 4.86. The van der Waals surface area contributed by atoms with Crippen LogP contribution in [0.2, 0.25) is 5.15 Å². The molecule has 1 aliphatic rings. The molecule has 0 amide bonds. The van der Waals surface area contributed by atoms with Gasteiger partial charge in [0.25, 0.3) is 0 Å². The molecule has 0 atom stereocenters. The summed E-state index contributed by atoms with van der Waals surface area (Å²) in [7, 11) is 0. The van der Waals surface area contributed by atoms with Crippen LogP contribution in [0.15, 0.2) is 12.1 Å². The van der Waals surface area contributed by atoms with E-state index in [1.807, 2.05) is 6.07 Å². The monoisotopic (exact) mass is 241 g/mol. The Labute approximate surface area is 100 Å². The second-order valence-corrected chi connectivity index (χ2v) is 4.46. The number of aliphatic hydroxyl groups excluding tert-OH is 1. The zero-order valence-electron chi connectivity index (χ0n) is 9.14. The lowest BCUT2D eigenvalue weighted by Crippen LogP contribution is -2.36. The van der Waals surface area contributed by atoms with Gasteiger partial charge in [-0.25, -0.2) is 0 Å². The highest BCUT2D eigenvalue weighted by molar-refractivity contribution is 6.29. The van der Waals surface area contributed by atoms with Gasteiger partial charge in [0.05, 0.1) is 6.61 Å². The summed E-state index contributed by atoms with van der Waals surface area (Å²) in [6.45, 7) is 0.752. The molecular formula is C11H16ClN3O. The van der Waals surface area contributed by atoms with E-state index < -0.39 is 0 Å². The molecule has 2 rings (SSSR count). The van der Waals surface area contributed by atoms with Gasteiger partial charge in [0.2, 0.25) is 0 Å². The van der Waals surface area contributed by atoms with Crippen LogP contribution in [0, 0.1) is 0 Å². The summed E-state index contributed by atoms with van der Waals surface area (Å²) in [5.41, 5.74) is 0. The van der Waals surface area contributed by atoms with E-state index in [0.29, 0.717) is 17.7 Å². The van der Waals surface area contributed by atoms with Crippen molar-refractivity contribution in [3.63, 3.8) is 0 Å². The molecule has 1 heterocycles. The summed E-state index contributed by atoms with van der Waals surface area (Å²) in [5.74, 6) is 0.811. The first-order chi connectivity index (χ1) is 7.81. The van der Waals surface area contributed by atoms with Crippen molar-refractivity contribution in [3.05, 3.63) is 17.3 Å². The molecule has 16 heavy (non-hydrogen) atoms. The molecule has 0 bridgehead atoms. The van der Waals surface area contributed by atoms with Crippen LogP contribution in [0.1, 0.15) is 25.7 Å². The molecule has 1 saturated carbocycles. The van der Waals surface area contributed by atoms with Crippen LogP contribution >= 0.6 is 11.6 Å². The van der Waals surface area contributed by atoms with Crippen molar-refractivity contribution in [2.45, 2.75) is 31.7 Å². The predicted molar refractivity (Wildman–Crippen MR) is 63.7 cm³/mol. The topological polar surface area (TPSA) is 49.2 Å². The molecule has 0 saturated heterocycles. The average Bonchev–Trinajstić information content (AvgIpc) is 2.81. The standard InChI is InChI=1S/C11H16ClN3O/c12-10-5-6-11(14-13-10)15(7-8-16)9-3-1-2-4-9/h5-6,9,16H,1-4,7-8H2. The van der Waals surface area contributed by atoms with Crippen LogP contribution in [0.4, 0.5) is 5.82 Å². The Morgan fingerprint density at radius 2 is 2.06 bits per heavy atom. The summed E-state index contributed by atoms with van der Waals surface area (Å²) in [6, 6.07) is 4.09. The lowest BCUT2D eigenvalue weighted by Gasteiger charge is -2.28. The first-order valence-electron chi connectivity index (χ1n) is 5.68. The normalized spacial score (nSPS) is 16.6. The first-order valence-corrected chi connectivity index (χ1v) is 6.06. The first kappa shape index (κ1) is 11.6. The highest BCUT2D eigenvalue weighted by Crippen LogP contribution is 2.26. The number of nitrogens with zero attached hydrogens (tertiary/aromatic N) is 3. The smallest absolute Gasteiger partial charge is 0.151 e. The SMILES string of the molecule is OCCN(c1ccc(Cl)nn1)C1CCCC1. The van der Waals surface area contributed by atoms with Gasteiger partial charge in [-0.1, -0.05) is 24.4 Å². The van der Waals surface area contributed by atoms with Gasteiger partial charge in [-0.15, -0.1) is 10.2 Å². The van der Waals surface area contributed by atoms with Crippen molar-refractivity contribution in [1.29, 1.82) is 0 Å². The Bertz CT molecular complexity index is 325. The second kappa shape index (κ2) is 5.46. The van der Waals surface area contributed by atoms with Crippen LogP contribution in [0.3, 0.4) is 0 Å². The van der Waals surface area contributed by atoms with Crippen molar-refractivity contribution in [3.8, 4) is 0 Å². The number of aromatic nitrogens is 2. The minimum atomic E-state index is 0.140. The molecule has 0 aromatic carbocycles. The van der Waals surface area contributed by atoms with Crippen LogP contribution in [-0.4, -0.2) is 34.5 Å². The van der Waals surface area contributed by atoms with Gasteiger partial charge in [-0.05, 0) is 25.0 Å². The minimum absolute atomic E-state index is 0.140. The molecule has 1 aliphatic carbocycles. The van der Waals surface area contributed by atoms with Gasteiger partial charge in [-0.2, -0.15) is 0 Å². The molecule has 1 fully saturated rings. The van der Waals surface area contributed by atoms with Gasteiger partial charge >= 0.3 is 0 Å². The predicted octanol–water partition coefficient (Wildman–Crippen LogP) is 1.87. The fraction of sp³-hybridized carbons (Fsp3) is 0.636. The second-order valence-electron chi connectivity index (χ2n) is 4.07. The van der Waals surface area contributed by atoms with E-state index in [4.69, 9.17) is 16.7 Å². The molecule has 1 aromatic heterocycles. The van der Waals surface area contributed by atoms with E-state index in [0.717, 1.165) is 5.82 Å². The Morgan fingerprint density at radius 3 is 2.62 bits per heavy atom. The third-order valence-corrected chi connectivity index (χ3v) is 3.22. The molecule has 0 spiro atoms. The van der Waals surface area contributed by atoms with Gasteiger partial charge in [0.15, 0.2) is 11.0 Å². The lowest BCUT2D eigenvalue weighted by atomic mass is 10.2. The van der Waals surface area contributed by atoms with Gasteiger partial charge < -0.3 is 10.0 Å². The molecule has 1 aromatic rings. The summed E-state index contributed by atoms with van der Waals surface area (Å²) in [4.78, 5) is 2.14. The van der Waals surface area contributed by atoms with E-state index in [1.54, 1.807) is 6.07 Å². The zero-order chi connectivity index (χ0) is 11.4. The minimum Gasteiger partial charge on any atom is -0.395 e. The van der Waals surface area contributed by atoms with Crippen molar-refractivity contribution in [2.75, 3.05) is 18.1 Å². The van der Waals surface area contributed by atoms with Crippen molar-refractivity contribution < 1.29 is 5.11 Å². The molecule has 0 aliphatic heterocycles. The Balaban J connectivity index is 2.14. The number of aliphatic hydroxyl groups is 1. The molecule has 0 radical (unpaired) electrons. The Morgan fingerprint density at radius 1 is 1.31 bits per heavy atom. The Hall–Kier alpha value is -0.870. The quantitative estimate of drug-likeness (QED) is 0.875. The number of rotatable bonds is 4. The lowest BCUT2D eigenvalue weighted by molar-refractivity contribution is 0.296. The molecule has 5 heteroatoms. The average molecular weight is 242 g/mol. The van der Waals surface area contributed by atoms with Crippen LogP contribution in [0.5, 0.6) is 0 Å². The van der Waals surface area contributed by atoms with E-state index >= 15 is 0 Å². The summed E-state index contributed by atoms with van der Waals surface area (Å²) >= 11 is 5.71. The number of hydrogen-bond acceptors (Lipinski definition) is 4. The maximum absolute atomic E-state index is 9.10. The van der Waals surface area contributed by atoms with Crippen molar-refractivity contribution >= 4 is 17.4 Å². The number of hydrogen-bond donors (Lipinski definition) is 1. The highest BCUT2D eigenvalue weighted by Gasteiger charge is 2.23. The molecule has 0 unspecified atom stereocenters. The van der Waals surface area contributed by atoms with E-state index in [-0.39, 0.29) is 6.61 Å². The van der Waals surface area contributed by atoms with Crippen molar-refractivity contribution in [1.82, 2.24) is 10.2 Å². The van der Waals surface area contributed by atoms with Gasteiger partial charge in [0.1, 0.15) is 0 Å². The number of anilines is 1. The fourth-order valence-electron chi connectivity index (χ4n) is 2.27.